The molecule has 16 heavy (non-hydrogen) atoms. The number of nitrogens with zero attached hydrogens (tertiary/aromatic N) is 1. The van der Waals surface area contributed by atoms with Gasteiger partial charge in [0.2, 0.25) is 0 Å². The van der Waals surface area contributed by atoms with Crippen LogP contribution in [0.4, 0.5) is 0 Å². The Bertz CT molecular complexity index is 333. The van der Waals surface area contributed by atoms with Crippen LogP contribution in [0.5, 0.6) is 0 Å². The molecule has 1 fully saturated rings. The smallest absolute Gasteiger partial charge is 0.309 e. The van der Waals surface area contributed by atoms with Gasteiger partial charge in [0, 0.05) is 32.3 Å². The normalized spacial score (nSPS) is 28.2. The molecule has 0 heterocycles. The number of carbonyl (C=O) groups is 2. The van der Waals surface area contributed by atoms with E-state index in [9.17, 15) is 14.7 Å². The fourth-order valence-corrected chi connectivity index (χ4v) is 2.13. The lowest BCUT2D eigenvalue weighted by atomic mass is 9.70. The van der Waals surface area contributed by atoms with Crippen molar-refractivity contribution in [2.75, 3.05) is 14.1 Å². The first-order valence-electron chi connectivity index (χ1n) is 5.55. The first kappa shape index (κ1) is 12.7. The van der Waals surface area contributed by atoms with Gasteiger partial charge in [0.05, 0.1) is 5.41 Å². The standard InChI is InChI=1S/C12H19NO3/c1-4-12(11(15)16)6-5-10(14)9(7-12)8-13(2)3/h8H,4-7H2,1-3H3,(H,15,16)/b9-8-. The van der Waals surface area contributed by atoms with Gasteiger partial charge in [-0.3, -0.25) is 9.59 Å². The third kappa shape index (κ3) is 2.43. The fourth-order valence-electron chi connectivity index (χ4n) is 2.13. The fraction of sp³-hybridized carbons (Fsp3) is 0.667. The second-order valence-electron chi connectivity index (χ2n) is 4.66. The molecule has 4 nitrogen and oxygen atoms in total. The highest BCUT2D eigenvalue weighted by molar-refractivity contribution is 5.98. The van der Waals surface area contributed by atoms with Crippen LogP contribution >= 0.6 is 0 Å². The highest BCUT2D eigenvalue weighted by Crippen LogP contribution is 2.40. The van der Waals surface area contributed by atoms with Crippen molar-refractivity contribution in [2.45, 2.75) is 32.6 Å². The molecule has 1 unspecified atom stereocenters. The molecule has 1 atom stereocenters. The number of ketones is 1. The lowest BCUT2D eigenvalue weighted by molar-refractivity contribution is -0.150. The number of Topliss-reactive ketones (excluding diaryl/α,β-unsaturated/α-hetero) is 1. The van der Waals surface area contributed by atoms with E-state index in [2.05, 4.69) is 0 Å². The molecular formula is C12H19NO3. The van der Waals surface area contributed by atoms with Crippen molar-refractivity contribution < 1.29 is 14.7 Å². The van der Waals surface area contributed by atoms with Crippen LogP contribution in [-0.2, 0) is 9.59 Å². The van der Waals surface area contributed by atoms with E-state index in [-0.39, 0.29) is 5.78 Å². The first-order valence-corrected chi connectivity index (χ1v) is 5.55. The van der Waals surface area contributed by atoms with Gasteiger partial charge in [0.25, 0.3) is 0 Å². The summed E-state index contributed by atoms with van der Waals surface area (Å²) in [6.07, 6.45) is 3.48. The number of carbonyl (C=O) groups excluding carboxylic acids is 1. The van der Waals surface area contributed by atoms with Crippen molar-refractivity contribution in [2.24, 2.45) is 5.41 Å². The second kappa shape index (κ2) is 4.68. The van der Waals surface area contributed by atoms with E-state index < -0.39 is 11.4 Å². The molecule has 4 heteroatoms. The number of carboxylic acids is 1. The largest absolute Gasteiger partial charge is 0.481 e. The maximum atomic E-state index is 11.7. The zero-order chi connectivity index (χ0) is 12.3. The molecule has 0 bridgehead atoms. The number of hydrogen-bond donors (Lipinski definition) is 1. The van der Waals surface area contributed by atoms with Crippen LogP contribution in [0.2, 0.25) is 0 Å². The Balaban J connectivity index is 2.97. The lowest BCUT2D eigenvalue weighted by Gasteiger charge is -2.33. The van der Waals surface area contributed by atoms with Gasteiger partial charge in [-0.25, -0.2) is 0 Å². The topological polar surface area (TPSA) is 57.6 Å². The highest BCUT2D eigenvalue weighted by Gasteiger charge is 2.42. The summed E-state index contributed by atoms with van der Waals surface area (Å²) < 4.78 is 0. The van der Waals surface area contributed by atoms with E-state index in [1.54, 1.807) is 11.1 Å². The Morgan fingerprint density at radius 3 is 2.62 bits per heavy atom. The number of rotatable bonds is 3. The van der Waals surface area contributed by atoms with Crippen LogP contribution in [0.15, 0.2) is 11.8 Å². The van der Waals surface area contributed by atoms with Crippen molar-refractivity contribution in [1.29, 1.82) is 0 Å². The van der Waals surface area contributed by atoms with Crippen molar-refractivity contribution in [3.05, 3.63) is 11.8 Å². The molecule has 0 aromatic heterocycles. The zero-order valence-corrected chi connectivity index (χ0v) is 10.1. The maximum Gasteiger partial charge on any atom is 0.309 e. The van der Waals surface area contributed by atoms with Gasteiger partial charge >= 0.3 is 5.97 Å². The Morgan fingerprint density at radius 2 is 2.19 bits per heavy atom. The summed E-state index contributed by atoms with van der Waals surface area (Å²) in [5.41, 5.74) is -0.101. The molecule has 0 spiro atoms. The van der Waals surface area contributed by atoms with Gasteiger partial charge in [-0.1, -0.05) is 6.92 Å². The number of aliphatic carboxylic acids is 1. The summed E-state index contributed by atoms with van der Waals surface area (Å²) in [5, 5.41) is 9.27. The van der Waals surface area contributed by atoms with Crippen LogP contribution in [0.25, 0.3) is 0 Å². The molecule has 0 aliphatic heterocycles. The minimum atomic E-state index is -0.785. The number of carboxylic acid groups (broad SMARTS) is 1. The average molecular weight is 225 g/mol. The van der Waals surface area contributed by atoms with E-state index >= 15 is 0 Å². The lowest BCUT2D eigenvalue weighted by Crippen LogP contribution is -2.36. The molecular weight excluding hydrogens is 206 g/mol. The molecule has 1 aliphatic rings. The van der Waals surface area contributed by atoms with Crippen LogP contribution in [0.1, 0.15) is 32.6 Å². The summed E-state index contributed by atoms with van der Waals surface area (Å²) in [7, 11) is 3.67. The molecule has 0 saturated heterocycles. The minimum Gasteiger partial charge on any atom is -0.481 e. The summed E-state index contributed by atoms with van der Waals surface area (Å²) in [4.78, 5) is 24.8. The predicted octanol–water partition coefficient (Wildman–Crippen LogP) is 1.67. The number of allylic oxidation sites excluding steroid dienone is 1. The third-order valence-electron chi connectivity index (χ3n) is 3.26. The van der Waals surface area contributed by atoms with Gasteiger partial charge in [0.1, 0.15) is 0 Å². The molecule has 1 aliphatic carbocycles. The molecule has 1 rings (SSSR count). The Hall–Kier alpha value is -1.32. The van der Waals surface area contributed by atoms with Gasteiger partial charge in [-0.05, 0) is 19.3 Å². The highest BCUT2D eigenvalue weighted by atomic mass is 16.4. The predicted molar refractivity (Wildman–Crippen MR) is 61.0 cm³/mol. The van der Waals surface area contributed by atoms with Gasteiger partial charge in [-0.2, -0.15) is 0 Å². The van der Waals surface area contributed by atoms with Crippen LogP contribution in [0, 0.1) is 5.41 Å². The van der Waals surface area contributed by atoms with Crippen LogP contribution in [-0.4, -0.2) is 35.9 Å². The Morgan fingerprint density at radius 1 is 1.56 bits per heavy atom. The number of hydrogen-bond acceptors (Lipinski definition) is 3. The third-order valence-corrected chi connectivity index (χ3v) is 3.26. The van der Waals surface area contributed by atoms with E-state index in [0.29, 0.717) is 31.3 Å². The Labute approximate surface area is 95.9 Å². The molecule has 1 N–H and O–H groups in total. The minimum absolute atomic E-state index is 0.0824. The molecule has 1 saturated carbocycles. The van der Waals surface area contributed by atoms with Crippen molar-refractivity contribution in [3.8, 4) is 0 Å². The average Bonchev–Trinajstić information content (AvgIpc) is 2.20. The van der Waals surface area contributed by atoms with Gasteiger partial charge in [0.15, 0.2) is 5.78 Å². The Kier molecular flexibility index (Phi) is 3.73. The van der Waals surface area contributed by atoms with E-state index in [1.807, 2.05) is 21.0 Å². The summed E-state index contributed by atoms with van der Waals surface area (Å²) in [6, 6.07) is 0. The van der Waals surface area contributed by atoms with Crippen LogP contribution < -0.4 is 0 Å². The molecule has 0 amide bonds. The van der Waals surface area contributed by atoms with E-state index in [4.69, 9.17) is 0 Å². The van der Waals surface area contributed by atoms with E-state index in [0.717, 1.165) is 0 Å². The molecule has 0 aromatic carbocycles. The molecule has 90 valence electrons. The quantitative estimate of drug-likeness (QED) is 0.742. The summed E-state index contributed by atoms with van der Waals surface area (Å²) in [6.45, 7) is 1.87. The first-order chi connectivity index (χ1) is 7.41. The zero-order valence-electron chi connectivity index (χ0n) is 10.1. The van der Waals surface area contributed by atoms with Gasteiger partial charge < -0.3 is 10.0 Å². The monoisotopic (exact) mass is 225 g/mol. The van der Waals surface area contributed by atoms with Crippen molar-refractivity contribution in [1.82, 2.24) is 4.90 Å². The van der Waals surface area contributed by atoms with Crippen molar-refractivity contribution in [3.63, 3.8) is 0 Å². The maximum absolute atomic E-state index is 11.7. The van der Waals surface area contributed by atoms with E-state index in [1.165, 1.54) is 0 Å². The van der Waals surface area contributed by atoms with Crippen molar-refractivity contribution >= 4 is 11.8 Å². The molecule has 0 aromatic rings. The SMILES string of the molecule is CCC1(C(=O)O)CCC(=O)/C(=C\N(C)C)C1. The summed E-state index contributed by atoms with van der Waals surface area (Å²) in [5.74, 6) is -0.703. The van der Waals surface area contributed by atoms with Crippen LogP contribution in [0.3, 0.4) is 0 Å². The molecule has 0 radical (unpaired) electrons. The summed E-state index contributed by atoms with van der Waals surface area (Å²) >= 11 is 0. The second-order valence-corrected chi connectivity index (χ2v) is 4.66. The van der Waals surface area contributed by atoms with Gasteiger partial charge in [-0.15, -0.1) is 0 Å².